The first-order valence-electron chi connectivity index (χ1n) is 12.5. The molecule has 2 heterocycles. The molecule has 1 fully saturated rings. The van der Waals surface area contributed by atoms with Crippen LogP contribution in [0.4, 0.5) is 10.5 Å². The highest BCUT2D eigenvalue weighted by Crippen LogP contribution is 2.51. The molecule has 0 aliphatic carbocycles. The highest BCUT2D eigenvalue weighted by atomic mass is 16.6. The predicted octanol–water partition coefficient (Wildman–Crippen LogP) is 6.35. The van der Waals surface area contributed by atoms with Crippen molar-refractivity contribution in [2.75, 3.05) is 19.0 Å². The van der Waals surface area contributed by atoms with Gasteiger partial charge in [0, 0.05) is 18.2 Å². The van der Waals surface area contributed by atoms with Crippen molar-refractivity contribution in [1.29, 1.82) is 0 Å². The van der Waals surface area contributed by atoms with Gasteiger partial charge in [-0.1, -0.05) is 54.1 Å². The fourth-order valence-electron chi connectivity index (χ4n) is 5.69. The molecule has 2 aliphatic heterocycles. The van der Waals surface area contributed by atoms with Gasteiger partial charge >= 0.3 is 12.1 Å². The molecular weight excluding hydrogens is 452 g/mol. The first-order chi connectivity index (χ1) is 17.5. The molecule has 3 atom stereocenters. The third kappa shape index (κ3) is 4.55. The van der Waals surface area contributed by atoms with Crippen LogP contribution in [0.1, 0.15) is 63.1 Å². The maximum Gasteiger partial charge on any atom is 0.410 e. The number of esters is 1. The average molecular weight is 485 g/mol. The Morgan fingerprint density at radius 1 is 1.00 bits per heavy atom. The van der Waals surface area contributed by atoms with Gasteiger partial charge in [0.25, 0.3) is 0 Å². The number of fused-ring (bicyclic) bond motifs is 3. The predicted molar refractivity (Wildman–Crippen MR) is 139 cm³/mol. The van der Waals surface area contributed by atoms with Crippen molar-refractivity contribution in [3.05, 3.63) is 100 Å². The van der Waals surface area contributed by atoms with Gasteiger partial charge in [-0.2, -0.15) is 0 Å². The number of nitrogens with zero attached hydrogens (tertiary/aromatic N) is 1. The molecule has 0 aromatic heterocycles. The molecule has 36 heavy (non-hydrogen) atoms. The Labute approximate surface area is 212 Å². The van der Waals surface area contributed by atoms with E-state index >= 15 is 0 Å². The first kappa shape index (κ1) is 23.9. The van der Waals surface area contributed by atoms with Crippen LogP contribution in [0.25, 0.3) is 0 Å². The minimum absolute atomic E-state index is 0.00151. The fraction of sp³-hybridized carbons (Fsp3) is 0.333. The largest absolute Gasteiger partial charge is 0.465 e. The van der Waals surface area contributed by atoms with E-state index in [9.17, 15) is 9.59 Å². The number of benzene rings is 3. The van der Waals surface area contributed by atoms with Gasteiger partial charge in [-0.3, -0.25) is 0 Å². The monoisotopic (exact) mass is 484 g/mol. The third-order valence-electron chi connectivity index (χ3n) is 7.41. The summed E-state index contributed by atoms with van der Waals surface area (Å²) in [7, 11) is 1.39. The number of anilines is 1. The second-order valence-corrected chi connectivity index (χ2v) is 9.76. The van der Waals surface area contributed by atoms with Crippen LogP contribution in [-0.4, -0.2) is 30.6 Å². The Balaban J connectivity index is 1.49. The van der Waals surface area contributed by atoms with Gasteiger partial charge in [-0.25, -0.2) is 9.59 Å². The summed E-state index contributed by atoms with van der Waals surface area (Å²) in [4.78, 5) is 27.4. The number of hydrogen-bond donors (Lipinski definition) is 1. The number of hydrogen-bond acceptors (Lipinski definition) is 5. The summed E-state index contributed by atoms with van der Waals surface area (Å²) in [5, 5.41) is 3.77. The average Bonchev–Trinajstić information content (AvgIpc) is 2.91. The van der Waals surface area contributed by atoms with Crippen LogP contribution < -0.4 is 5.32 Å². The molecule has 0 unspecified atom stereocenters. The van der Waals surface area contributed by atoms with Crippen molar-refractivity contribution in [3.63, 3.8) is 0 Å². The number of amides is 1. The SMILES string of the molecule is COC(=O)c1ccc([C@H]2Nc3ccc(C)cc3[C@H]3[C@@H]2CCCN3C(=O)OCc2ccccc2)c(C)c1. The fourth-order valence-corrected chi connectivity index (χ4v) is 5.69. The molecule has 0 bridgehead atoms. The minimum atomic E-state index is -0.343. The van der Waals surface area contributed by atoms with Crippen LogP contribution in [0.15, 0.2) is 66.7 Å². The topological polar surface area (TPSA) is 67.9 Å². The van der Waals surface area contributed by atoms with Crippen molar-refractivity contribution in [3.8, 4) is 0 Å². The summed E-state index contributed by atoms with van der Waals surface area (Å²) in [6.45, 7) is 5.02. The van der Waals surface area contributed by atoms with Crippen LogP contribution >= 0.6 is 0 Å². The van der Waals surface area contributed by atoms with Crippen LogP contribution in [0, 0.1) is 19.8 Å². The highest BCUT2D eigenvalue weighted by Gasteiger charge is 2.45. The van der Waals surface area contributed by atoms with Crippen molar-refractivity contribution < 1.29 is 19.1 Å². The zero-order chi connectivity index (χ0) is 25.2. The van der Waals surface area contributed by atoms with Crippen LogP contribution in [-0.2, 0) is 16.1 Å². The number of piperidine rings is 1. The number of methoxy groups -OCH3 is 1. The summed E-state index contributed by atoms with van der Waals surface area (Å²) in [6.07, 6.45) is 1.61. The van der Waals surface area contributed by atoms with Gasteiger partial charge in [0.2, 0.25) is 0 Å². The Hall–Kier alpha value is -3.80. The molecule has 3 aromatic carbocycles. The summed E-state index contributed by atoms with van der Waals surface area (Å²) in [5.74, 6) is -0.176. The zero-order valence-electron chi connectivity index (χ0n) is 21.0. The molecule has 5 rings (SSSR count). The molecule has 1 N–H and O–H groups in total. The van der Waals surface area contributed by atoms with E-state index in [1.165, 1.54) is 7.11 Å². The van der Waals surface area contributed by atoms with E-state index in [1.54, 1.807) is 0 Å². The molecule has 2 aliphatic rings. The quantitative estimate of drug-likeness (QED) is 0.437. The van der Waals surface area contributed by atoms with E-state index in [0.29, 0.717) is 12.1 Å². The second-order valence-electron chi connectivity index (χ2n) is 9.76. The number of aryl methyl sites for hydroxylation is 2. The number of nitrogens with one attached hydrogen (secondary N) is 1. The number of ether oxygens (including phenoxy) is 2. The molecule has 0 saturated carbocycles. The maximum atomic E-state index is 13.4. The van der Waals surface area contributed by atoms with Gasteiger partial charge in [-0.15, -0.1) is 0 Å². The van der Waals surface area contributed by atoms with Crippen LogP contribution in [0.2, 0.25) is 0 Å². The summed E-state index contributed by atoms with van der Waals surface area (Å²) >= 11 is 0. The van der Waals surface area contributed by atoms with E-state index < -0.39 is 0 Å². The molecule has 3 aromatic rings. The molecule has 0 spiro atoms. The summed E-state index contributed by atoms with van der Waals surface area (Å²) < 4.78 is 10.7. The number of likely N-dealkylation sites (tertiary alicyclic amines) is 1. The molecule has 186 valence electrons. The Morgan fingerprint density at radius 2 is 1.81 bits per heavy atom. The van der Waals surface area contributed by atoms with E-state index in [-0.39, 0.29) is 36.7 Å². The molecule has 0 radical (unpaired) electrons. The van der Waals surface area contributed by atoms with E-state index in [1.807, 2.05) is 60.4 Å². The lowest BCUT2D eigenvalue weighted by atomic mass is 9.73. The van der Waals surface area contributed by atoms with Crippen molar-refractivity contribution in [2.45, 2.75) is 45.4 Å². The minimum Gasteiger partial charge on any atom is -0.465 e. The van der Waals surface area contributed by atoms with E-state index in [2.05, 4.69) is 30.4 Å². The van der Waals surface area contributed by atoms with Gasteiger partial charge in [0.05, 0.1) is 24.8 Å². The normalized spacial score (nSPS) is 20.5. The van der Waals surface area contributed by atoms with Gasteiger partial charge in [0.1, 0.15) is 6.61 Å². The van der Waals surface area contributed by atoms with E-state index in [4.69, 9.17) is 9.47 Å². The molecule has 6 nitrogen and oxygen atoms in total. The first-order valence-corrected chi connectivity index (χ1v) is 12.5. The smallest absolute Gasteiger partial charge is 0.410 e. The Bertz CT molecular complexity index is 1270. The lowest BCUT2D eigenvalue weighted by molar-refractivity contribution is 0.0413. The van der Waals surface area contributed by atoms with Gasteiger partial charge in [0.15, 0.2) is 0 Å². The van der Waals surface area contributed by atoms with E-state index in [0.717, 1.165) is 46.3 Å². The third-order valence-corrected chi connectivity index (χ3v) is 7.41. The Kier molecular flexibility index (Phi) is 6.68. The standard InChI is InChI=1S/C30H32N2O4/c1-19-11-14-26-25(16-19)28-24(27(31-26)23-13-12-22(17-20(23)2)29(33)35-3)10-7-15-32(28)30(34)36-18-21-8-5-4-6-9-21/h4-6,8-9,11-14,16-17,24,27-28,31H,7,10,15,18H2,1-3H3/t24-,27-,28-/m1/s1. The summed E-state index contributed by atoms with van der Waals surface area (Å²) in [5.41, 5.74) is 6.99. The van der Waals surface area contributed by atoms with Crippen molar-refractivity contribution in [1.82, 2.24) is 4.90 Å². The van der Waals surface area contributed by atoms with Crippen LogP contribution in [0.5, 0.6) is 0 Å². The second kappa shape index (κ2) is 10.1. The highest BCUT2D eigenvalue weighted by molar-refractivity contribution is 5.89. The molecule has 1 saturated heterocycles. The maximum absolute atomic E-state index is 13.4. The lowest BCUT2D eigenvalue weighted by Crippen LogP contribution is -2.48. The van der Waals surface area contributed by atoms with Gasteiger partial charge in [-0.05, 0) is 67.1 Å². The number of rotatable bonds is 4. The van der Waals surface area contributed by atoms with Crippen molar-refractivity contribution in [2.24, 2.45) is 5.92 Å². The zero-order valence-corrected chi connectivity index (χ0v) is 21.0. The number of carbonyl (C=O) groups excluding carboxylic acids is 2. The lowest BCUT2D eigenvalue weighted by Gasteiger charge is -2.48. The Morgan fingerprint density at radius 3 is 2.56 bits per heavy atom. The van der Waals surface area contributed by atoms with Crippen molar-refractivity contribution >= 4 is 17.7 Å². The van der Waals surface area contributed by atoms with Gasteiger partial charge < -0.3 is 19.7 Å². The number of carbonyl (C=O) groups is 2. The molecular formula is C30H32N2O4. The molecule has 1 amide bonds. The molecule has 6 heteroatoms. The summed E-state index contributed by atoms with van der Waals surface area (Å²) in [6, 6.07) is 21.8. The van der Waals surface area contributed by atoms with Crippen LogP contribution in [0.3, 0.4) is 0 Å².